The molecule has 0 radical (unpaired) electrons. The van der Waals surface area contributed by atoms with E-state index in [1.54, 1.807) is 19.4 Å². The summed E-state index contributed by atoms with van der Waals surface area (Å²) in [7, 11) is 1.58. The Kier molecular flexibility index (Phi) is 5.93. The van der Waals surface area contributed by atoms with Crippen molar-refractivity contribution < 1.29 is 13.9 Å². The van der Waals surface area contributed by atoms with Crippen LogP contribution in [0, 0.1) is 11.7 Å². The maximum absolute atomic E-state index is 13.7. The van der Waals surface area contributed by atoms with Crippen LogP contribution in [0.3, 0.4) is 0 Å². The summed E-state index contributed by atoms with van der Waals surface area (Å²) in [5, 5.41) is 3.15. The largest absolute Gasteiger partial charge is 0.496 e. The van der Waals surface area contributed by atoms with Crippen molar-refractivity contribution >= 4 is 11.6 Å². The smallest absolute Gasteiger partial charge is 0.270 e. The van der Waals surface area contributed by atoms with Gasteiger partial charge in [0.15, 0.2) is 0 Å². The van der Waals surface area contributed by atoms with Crippen molar-refractivity contribution in [3.05, 3.63) is 53.6 Å². The fourth-order valence-corrected chi connectivity index (χ4v) is 4.39. The lowest BCUT2D eigenvalue weighted by atomic mass is 9.94. The van der Waals surface area contributed by atoms with Crippen LogP contribution in [0.1, 0.15) is 55.1 Å². The summed E-state index contributed by atoms with van der Waals surface area (Å²) in [6, 6.07) is 8.38. The Balaban J connectivity index is 1.44. The molecule has 1 saturated carbocycles. The van der Waals surface area contributed by atoms with Gasteiger partial charge in [0, 0.05) is 30.5 Å². The van der Waals surface area contributed by atoms with Crippen molar-refractivity contribution in [2.24, 2.45) is 5.92 Å². The topological polar surface area (TPSA) is 54.5 Å². The Morgan fingerprint density at radius 3 is 2.70 bits per heavy atom. The van der Waals surface area contributed by atoms with Crippen LogP contribution >= 0.6 is 0 Å². The molecule has 0 atom stereocenters. The quantitative estimate of drug-likeness (QED) is 0.736. The minimum Gasteiger partial charge on any atom is -0.496 e. The third kappa shape index (κ3) is 4.58. The van der Waals surface area contributed by atoms with Gasteiger partial charge in [-0.3, -0.25) is 9.78 Å². The molecule has 160 valence electrons. The number of aromatic nitrogens is 1. The van der Waals surface area contributed by atoms with E-state index in [1.165, 1.54) is 31.4 Å². The van der Waals surface area contributed by atoms with Gasteiger partial charge in [0.2, 0.25) is 0 Å². The molecule has 30 heavy (non-hydrogen) atoms. The molecule has 1 amide bonds. The average Bonchev–Trinajstić information content (AvgIpc) is 3.52. The highest BCUT2D eigenvalue weighted by molar-refractivity contribution is 5.94. The van der Waals surface area contributed by atoms with Gasteiger partial charge in [0.25, 0.3) is 5.91 Å². The van der Waals surface area contributed by atoms with Crippen molar-refractivity contribution in [2.45, 2.75) is 51.0 Å². The Hall–Kier alpha value is -2.63. The van der Waals surface area contributed by atoms with Gasteiger partial charge in [0.1, 0.15) is 17.3 Å². The van der Waals surface area contributed by atoms with Gasteiger partial charge in [-0.15, -0.1) is 0 Å². The number of carbonyl (C=O) groups excluding carboxylic acids is 1. The molecule has 2 aliphatic rings. The highest BCUT2D eigenvalue weighted by Crippen LogP contribution is 2.41. The number of rotatable bonds is 7. The fourth-order valence-electron chi connectivity index (χ4n) is 4.39. The number of halogens is 1. The molecular weight excluding hydrogens is 381 g/mol. The number of anilines is 1. The van der Waals surface area contributed by atoms with E-state index >= 15 is 0 Å². The van der Waals surface area contributed by atoms with Crippen molar-refractivity contribution in [1.82, 2.24) is 10.3 Å². The Morgan fingerprint density at radius 1 is 1.27 bits per heavy atom. The van der Waals surface area contributed by atoms with E-state index in [2.05, 4.69) is 22.1 Å². The molecule has 0 spiro atoms. The number of piperidine rings is 1. The van der Waals surface area contributed by atoms with Gasteiger partial charge in [0.05, 0.1) is 7.11 Å². The van der Waals surface area contributed by atoms with E-state index < -0.39 is 0 Å². The fraction of sp³-hybridized carbons (Fsp3) is 0.500. The van der Waals surface area contributed by atoms with Crippen LogP contribution in [-0.4, -0.2) is 36.6 Å². The number of hydrogen-bond acceptors (Lipinski definition) is 4. The molecule has 6 heteroatoms. The molecule has 1 aliphatic carbocycles. The van der Waals surface area contributed by atoms with Crippen LogP contribution in [0.5, 0.6) is 5.75 Å². The minimum absolute atomic E-state index is 0.173. The molecule has 0 bridgehead atoms. The number of ether oxygens (including phenoxy) is 1. The molecule has 1 aliphatic heterocycles. The van der Waals surface area contributed by atoms with Gasteiger partial charge in [-0.25, -0.2) is 4.39 Å². The summed E-state index contributed by atoms with van der Waals surface area (Å²) in [6.45, 7) is 4.29. The first-order valence-corrected chi connectivity index (χ1v) is 10.9. The lowest BCUT2D eigenvalue weighted by Crippen LogP contribution is -2.39. The molecule has 1 saturated heterocycles. The second-order valence-corrected chi connectivity index (χ2v) is 8.61. The molecule has 1 aromatic carbocycles. The van der Waals surface area contributed by atoms with E-state index in [0.717, 1.165) is 43.1 Å². The predicted octanol–water partition coefficient (Wildman–Crippen LogP) is 4.36. The standard InChI is InChI=1S/C24H30FN3O2/c1-3-17-7-12-28(13-8-17)20-6-11-26-21(15-20)23(29)27-24(9-10-24)16-18-14-19(25)4-5-22(18)30-2/h4-6,11,14-15,17H,3,7-10,12-13,16H2,1-2H3,(H,27,29). The van der Waals surface area contributed by atoms with Crippen molar-refractivity contribution in [1.29, 1.82) is 0 Å². The molecule has 2 fully saturated rings. The molecule has 2 aromatic rings. The number of nitrogens with zero attached hydrogens (tertiary/aromatic N) is 2. The maximum Gasteiger partial charge on any atom is 0.270 e. The zero-order chi connectivity index (χ0) is 21.1. The van der Waals surface area contributed by atoms with Crippen LogP contribution in [0.2, 0.25) is 0 Å². The van der Waals surface area contributed by atoms with Crippen molar-refractivity contribution in [3.8, 4) is 5.75 Å². The lowest BCUT2D eigenvalue weighted by Gasteiger charge is -2.33. The van der Waals surface area contributed by atoms with Crippen molar-refractivity contribution in [3.63, 3.8) is 0 Å². The van der Waals surface area contributed by atoms with Gasteiger partial charge in [-0.1, -0.05) is 13.3 Å². The second kappa shape index (κ2) is 8.62. The van der Waals surface area contributed by atoms with Gasteiger partial charge >= 0.3 is 0 Å². The third-order valence-corrected chi connectivity index (χ3v) is 6.54. The van der Waals surface area contributed by atoms with Gasteiger partial charge in [-0.05, 0) is 73.9 Å². The van der Waals surface area contributed by atoms with E-state index in [0.29, 0.717) is 17.9 Å². The zero-order valence-electron chi connectivity index (χ0n) is 17.8. The first kappa shape index (κ1) is 20.6. The monoisotopic (exact) mass is 411 g/mol. The molecule has 2 heterocycles. The van der Waals surface area contributed by atoms with Crippen molar-refractivity contribution in [2.75, 3.05) is 25.1 Å². The van der Waals surface area contributed by atoms with Crippen LogP contribution in [0.4, 0.5) is 10.1 Å². The van der Waals surface area contributed by atoms with E-state index in [9.17, 15) is 9.18 Å². The molecular formula is C24H30FN3O2. The minimum atomic E-state index is -0.352. The summed E-state index contributed by atoms with van der Waals surface area (Å²) in [4.78, 5) is 19.6. The third-order valence-electron chi connectivity index (χ3n) is 6.54. The first-order valence-electron chi connectivity index (χ1n) is 10.9. The lowest BCUT2D eigenvalue weighted by molar-refractivity contribution is 0.0926. The molecule has 1 aromatic heterocycles. The number of benzene rings is 1. The Labute approximate surface area is 177 Å². The van der Waals surface area contributed by atoms with Crippen LogP contribution in [0.25, 0.3) is 0 Å². The summed E-state index contributed by atoms with van der Waals surface area (Å²) in [5.41, 5.74) is 1.91. The van der Waals surface area contributed by atoms with Crippen LogP contribution < -0.4 is 15.0 Å². The van der Waals surface area contributed by atoms with E-state index in [1.807, 2.05) is 12.1 Å². The molecule has 0 unspecified atom stereocenters. The molecule has 1 N–H and O–H groups in total. The number of hydrogen-bond donors (Lipinski definition) is 1. The van der Waals surface area contributed by atoms with Gasteiger partial charge < -0.3 is 15.0 Å². The highest BCUT2D eigenvalue weighted by atomic mass is 19.1. The number of amides is 1. The second-order valence-electron chi connectivity index (χ2n) is 8.61. The summed E-state index contributed by atoms with van der Waals surface area (Å²) >= 11 is 0. The molecule has 4 rings (SSSR count). The zero-order valence-corrected chi connectivity index (χ0v) is 17.8. The summed E-state index contributed by atoms with van der Waals surface area (Å²) in [6.07, 6.45) is 7.61. The van der Waals surface area contributed by atoms with E-state index in [4.69, 9.17) is 4.74 Å². The molecule has 5 nitrogen and oxygen atoms in total. The summed E-state index contributed by atoms with van der Waals surface area (Å²) in [5.74, 6) is 0.982. The number of pyridine rings is 1. The number of methoxy groups -OCH3 is 1. The first-order chi connectivity index (χ1) is 14.5. The maximum atomic E-state index is 13.7. The highest BCUT2D eigenvalue weighted by Gasteiger charge is 2.45. The van der Waals surface area contributed by atoms with E-state index in [-0.39, 0.29) is 17.3 Å². The normalized spacial score (nSPS) is 18.2. The summed E-state index contributed by atoms with van der Waals surface area (Å²) < 4.78 is 19.1. The Bertz CT molecular complexity index is 905. The predicted molar refractivity (Wildman–Crippen MR) is 116 cm³/mol. The van der Waals surface area contributed by atoms with Crippen LogP contribution in [0.15, 0.2) is 36.5 Å². The van der Waals surface area contributed by atoms with Gasteiger partial charge in [-0.2, -0.15) is 0 Å². The SMILES string of the molecule is CCC1CCN(c2ccnc(C(=O)NC3(Cc4cc(F)ccc4OC)CC3)c2)CC1. The Morgan fingerprint density at radius 2 is 2.03 bits per heavy atom. The number of carbonyl (C=O) groups is 1. The number of nitrogens with one attached hydrogen (secondary N) is 1. The average molecular weight is 412 g/mol. The van der Waals surface area contributed by atoms with Crippen LogP contribution in [-0.2, 0) is 6.42 Å².